The van der Waals surface area contributed by atoms with Gasteiger partial charge in [-0.05, 0) is 80.4 Å². The molecule has 0 radical (unpaired) electrons. The van der Waals surface area contributed by atoms with Crippen molar-refractivity contribution in [1.29, 1.82) is 0 Å². The average Bonchev–Trinajstić information content (AvgIpc) is 2.97. The van der Waals surface area contributed by atoms with Crippen molar-refractivity contribution in [3.8, 4) is 0 Å². The maximum Gasteiger partial charge on any atom is 0.325 e. The van der Waals surface area contributed by atoms with Gasteiger partial charge in [-0.3, -0.25) is 19.8 Å². The van der Waals surface area contributed by atoms with Gasteiger partial charge in [-0.1, -0.05) is 19.1 Å². The summed E-state index contributed by atoms with van der Waals surface area (Å²) in [6.07, 6.45) is 6.79. The van der Waals surface area contributed by atoms with Crippen LogP contribution in [-0.4, -0.2) is 40.9 Å². The van der Waals surface area contributed by atoms with Gasteiger partial charge in [0.25, 0.3) is 5.91 Å². The van der Waals surface area contributed by atoms with Crippen molar-refractivity contribution >= 4 is 23.9 Å². The number of rotatable bonds is 5. The van der Waals surface area contributed by atoms with Crippen LogP contribution in [0.1, 0.15) is 57.4 Å². The fourth-order valence-electron chi connectivity index (χ4n) is 6.99. The van der Waals surface area contributed by atoms with E-state index in [4.69, 9.17) is 0 Å². The second-order valence-electron chi connectivity index (χ2n) is 10.3. The second kappa shape index (κ2) is 7.81. The normalized spacial score (nSPS) is 34.4. The first-order valence-corrected chi connectivity index (χ1v) is 11.7. The molecule has 0 spiro atoms. The van der Waals surface area contributed by atoms with E-state index in [0.29, 0.717) is 23.3 Å². The van der Waals surface area contributed by atoms with E-state index in [1.54, 1.807) is 6.92 Å². The Morgan fingerprint density at radius 2 is 1.64 bits per heavy atom. The van der Waals surface area contributed by atoms with Crippen molar-refractivity contribution in [3.63, 3.8) is 0 Å². The lowest BCUT2D eigenvalue weighted by Gasteiger charge is -2.56. The quantitative estimate of drug-likeness (QED) is 0.592. The Labute approximate surface area is 191 Å². The molecule has 1 heterocycles. The molecule has 9 heteroatoms. The van der Waals surface area contributed by atoms with Crippen LogP contribution in [-0.2, 0) is 15.1 Å². The third kappa shape index (κ3) is 3.77. The van der Waals surface area contributed by atoms with Gasteiger partial charge in [-0.25, -0.2) is 14.0 Å². The zero-order valence-electron chi connectivity index (χ0n) is 18.7. The van der Waals surface area contributed by atoms with Crippen LogP contribution in [0.5, 0.6) is 0 Å². The molecule has 4 aliphatic carbocycles. The number of carbonyl (C=O) groups excluding carboxylic acids is 4. The number of urea groups is 2. The summed E-state index contributed by atoms with van der Waals surface area (Å²) in [5.41, 5.74) is -1.18. The van der Waals surface area contributed by atoms with Crippen LogP contribution >= 0.6 is 0 Å². The molecule has 4 bridgehead atoms. The molecule has 1 atom stereocenters. The van der Waals surface area contributed by atoms with Gasteiger partial charge in [0.2, 0.25) is 5.91 Å². The molecule has 1 aromatic rings. The number of hydrogen-bond acceptors (Lipinski definition) is 4. The minimum absolute atomic E-state index is 0.230. The van der Waals surface area contributed by atoms with Crippen molar-refractivity contribution in [3.05, 3.63) is 35.6 Å². The van der Waals surface area contributed by atoms with E-state index in [0.717, 1.165) is 24.2 Å². The third-order valence-electron chi connectivity index (χ3n) is 8.01. The van der Waals surface area contributed by atoms with Gasteiger partial charge >= 0.3 is 12.1 Å². The summed E-state index contributed by atoms with van der Waals surface area (Å²) in [5.74, 6) is 0.151. The minimum atomic E-state index is -1.37. The van der Waals surface area contributed by atoms with E-state index in [2.05, 4.69) is 16.0 Å². The zero-order chi connectivity index (χ0) is 23.4. The van der Waals surface area contributed by atoms with Crippen LogP contribution in [0.25, 0.3) is 0 Å². The topological polar surface area (TPSA) is 108 Å². The van der Waals surface area contributed by atoms with Crippen molar-refractivity contribution in [2.24, 2.45) is 17.8 Å². The standard InChI is InChI=1S/C24H29FN4O4/c1-2-24(17-3-5-18(25)6-4-17)20(31)29(22(33)28-24)13-19(30)26-21(32)27-23-10-14-7-15(11-23)9-16(8-14)12-23/h3-6,14-16H,2,7-13H2,1H3,(H,28,33)(H2,26,27,30,32). The van der Waals surface area contributed by atoms with Crippen LogP contribution in [0, 0.1) is 23.6 Å². The molecule has 1 unspecified atom stereocenters. The maximum absolute atomic E-state index is 13.3. The van der Waals surface area contributed by atoms with E-state index in [-0.39, 0.29) is 12.0 Å². The summed E-state index contributed by atoms with van der Waals surface area (Å²) in [6, 6.07) is 4.03. The summed E-state index contributed by atoms with van der Waals surface area (Å²) in [4.78, 5) is 51.7. The van der Waals surface area contributed by atoms with E-state index >= 15 is 0 Å². The highest BCUT2D eigenvalue weighted by atomic mass is 19.1. The first-order valence-electron chi connectivity index (χ1n) is 11.7. The second-order valence-corrected chi connectivity index (χ2v) is 10.3. The van der Waals surface area contributed by atoms with E-state index in [1.165, 1.54) is 43.5 Å². The molecule has 1 aliphatic heterocycles. The lowest BCUT2D eigenvalue weighted by Crippen LogP contribution is -2.62. The smallest absolute Gasteiger partial charge is 0.325 e. The summed E-state index contributed by atoms with van der Waals surface area (Å²) >= 11 is 0. The van der Waals surface area contributed by atoms with Crippen LogP contribution in [0.3, 0.4) is 0 Å². The van der Waals surface area contributed by atoms with Crippen molar-refractivity contribution in [2.75, 3.05) is 6.54 Å². The molecule has 176 valence electrons. The predicted octanol–water partition coefficient (Wildman–Crippen LogP) is 2.78. The van der Waals surface area contributed by atoms with Gasteiger partial charge in [0.15, 0.2) is 0 Å². The molecule has 33 heavy (non-hydrogen) atoms. The van der Waals surface area contributed by atoms with Crippen molar-refractivity contribution in [1.82, 2.24) is 20.9 Å². The van der Waals surface area contributed by atoms with E-state index in [9.17, 15) is 23.6 Å². The number of imide groups is 2. The Hall–Kier alpha value is -2.97. The van der Waals surface area contributed by atoms with Gasteiger partial charge in [-0.15, -0.1) is 0 Å². The molecule has 0 aromatic heterocycles. The summed E-state index contributed by atoms with van der Waals surface area (Å²) < 4.78 is 13.3. The molecule has 8 nitrogen and oxygen atoms in total. The minimum Gasteiger partial charge on any atom is -0.332 e. The van der Waals surface area contributed by atoms with Gasteiger partial charge in [0.05, 0.1) is 0 Å². The number of benzene rings is 1. The van der Waals surface area contributed by atoms with Gasteiger partial charge in [0.1, 0.15) is 17.9 Å². The largest absolute Gasteiger partial charge is 0.332 e. The lowest BCUT2D eigenvalue weighted by atomic mass is 9.53. The number of nitrogens with one attached hydrogen (secondary N) is 3. The number of nitrogens with zero attached hydrogens (tertiary/aromatic N) is 1. The number of carbonyl (C=O) groups is 4. The molecule has 3 N–H and O–H groups in total. The maximum atomic E-state index is 13.3. The van der Waals surface area contributed by atoms with Crippen LogP contribution < -0.4 is 16.0 Å². The molecule has 1 aromatic carbocycles. The molecule has 5 aliphatic rings. The zero-order valence-corrected chi connectivity index (χ0v) is 18.7. The molecular weight excluding hydrogens is 427 g/mol. The highest BCUT2D eigenvalue weighted by Gasteiger charge is 2.53. The van der Waals surface area contributed by atoms with Crippen LogP contribution in [0.2, 0.25) is 0 Å². The van der Waals surface area contributed by atoms with Gasteiger partial charge in [0, 0.05) is 5.54 Å². The fraction of sp³-hybridized carbons (Fsp3) is 0.583. The SMILES string of the molecule is CCC1(c2ccc(F)cc2)NC(=O)N(CC(=O)NC(=O)NC23CC4CC(CC(C4)C2)C3)C1=O. The average molecular weight is 457 g/mol. The summed E-state index contributed by atoms with van der Waals surface area (Å²) in [6.45, 7) is 1.16. The Kier molecular flexibility index (Phi) is 5.17. The highest BCUT2D eigenvalue weighted by Crippen LogP contribution is 2.55. The Morgan fingerprint density at radius 3 is 2.18 bits per heavy atom. The Morgan fingerprint density at radius 1 is 1.06 bits per heavy atom. The molecule has 4 saturated carbocycles. The number of halogens is 1. The third-order valence-corrected chi connectivity index (χ3v) is 8.01. The monoisotopic (exact) mass is 456 g/mol. The van der Waals surface area contributed by atoms with Crippen molar-refractivity contribution < 1.29 is 23.6 Å². The Balaban J connectivity index is 1.22. The van der Waals surface area contributed by atoms with Gasteiger partial charge in [-0.2, -0.15) is 0 Å². The van der Waals surface area contributed by atoms with E-state index in [1.807, 2.05) is 0 Å². The Bertz CT molecular complexity index is 975. The highest BCUT2D eigenvalue weighted by molar-refractivity contribution is 6.10. The predicted molar refractivity (Wildman–Crippen MR) is 116 cm³/mol. The number of hydrogen-bond donors (Lipinski definition) is 3. The first kappa shape index (κ1) is 21.9. The van der Waals surface area contributed by atoms with Crippen molar-refractivity contribution in [2.45, 2.75) is 62.9 Å². The lowest BCUT2D eigenvalue weighted by molar-refractivity contribution is -0.135. The van der Waals surface area contributed by atoms with E-state index < -0.39 is 41.8 Å². The van der Waals surface area contributed by atoms with Gasteiger partial charge < -0.3 is 10.6 Å². The molecule has 5 fully saturated rings. The fourth-order valence-corrected chi connectivity index (χ4v) is 6.99. The first-order chi connectivity index (χ1) is 15.7. The molecular formula is C24H29FN4O4. The summed E-state index contributed by atoms with van der Waals surface area (Å²) in [7, 11) is 0. The number of amides is 6. The molecule has 6 rings (SSSR count). The molecule has 6 amide bonds. The van der Waals surface area contributed by atoms with Crippen LogP contribution in [0.4, 0.5) is 14.0 Å². The molecule has 1 saturated heterocycles. The van der Waals surface area contributed by atoms with Crippen LogP contribution in [0.15, 0.2) is 24.3 Å². The summed E-state index contributed by atoms with van der Waals surface area (Å²) in [5, 5.41) is 8.00.